The van der Waals surface area contributed by atoms with E-state index >= 15 is 0 Å². The van der Waals surface area contributed by atoms with Crippen molar-refractivity contribution < 1.29 is 18.0 Å². The number of benzene rings is 2. The third-order valence-corrected chi connectivity index (χ3v) is 7.20. The quantitative estimate of drug-likeness (QED) is 0.418. The summed E-state index contributed by atoms with van der Waals surface area (Å²) >= 11 is 18.3. The molecule has 1 N–H and O–H groups in total. The van der Waals surface area contributed by atoms with Crippen LogP contribution in [0.15, 0.2) is 42.5 Å². The van der Waals surface area contributed by atoms with E-state index in [1.165, 1.54) is 17.0 Å². The molecule has 0 saturated carbocycles. The van der Waals surface area contributed by atoms with E-state index in [2.05, 4.69) is 5.32 Å². The second-order valence-electron chi connectivity index (χ2n) is 8.57. The molecule has 2 aromatic rings. The van der Waals surface area contributed by atoms with E-state index in [4.69, 9.17) is 34.8 Å². The van der Waals surface area contributed by atoms with Gasteiger partial charge in [-0.15, -0.1) is 0 Å². The molecular weight excluding hydrogens is 533 g/mol. The number of carbonyl (C=O) groups excluding carboxylic acids is 2. The maximum absolute atomic E-state index is 13.6. The zero-order valence-electron chi connectivity index (χ0n) is 20.1. The van der Waals surface area contributed by atoms with Gasteiger partial charge in [0.05, 0.1) is 11.9 Å². The van der Waals surface area contributed by atoms with E-state index in [-0.39, 0.29) is 24.1 Å². The molecule has 0 aliphatic rings. The molecule has 0 heterocycles. The third-order valence-electron chi connectivity index (χ3n) is 5.22. The molecule has 0 aromatic heterocycles. The highest BCUT2D eigenvalue weighted by molar-refractivity contribution is 7.92. The topological polar surface area (TPSA) is 86.8 Å². The number of nitrogens with one attached hydrogen (secondary N) is 1. The first kappa shape index (κ1) is 29.2. The van der Waals surface area contributed by atoms with Crippen LogP contribution in [0, 0.1) is 5.92 Å². The van der Waals surface area contributed by atoms with Gasteiger partial charge in [-0.2, -0.15) is 0 Å². The van der Waals surface area contributed by atoms with Crippen LogP contribution in [0.1, 0.15) is 32.8 Å². The maximum atomic E-state index is 13.6. The maximum Gasteiger partial charge on any atom is 0.244 e. The van der Waals surface area contributed by atoms with Crippen LogP contribution in [0.25, 0.3) is 0 Å². The molecular formula is C24H30Cl3N3O4S. The Balaban J connectivity index is 2.44. The van der Waals surface area contributed by atoms with Crippen LogP contribution in [0.5, 0.6) is 0 Å². The van der Waals surface area contributed by atoms with Gasteiger partial charge in [-0.1, -0.05) is 61.6 Å². The number of hydrogen-bond acceptors (Lipinski definition) is 4. The summed E-state index contributed by atoms with van der Waals surface area (Å²) in [6.45, 7) is 5.66. The van der Waals surface area contributed by atoms with Crippen molar-refractivity contribution >= 4 is 62.3 Å². The number of carbonyl (C=O) groups is 2. The lowest BCUT2D eigenvalue weighted by molar-refractivity contribution is -0.140. The minimum absolute atomic E-state index is 0.000655. The van der Waals surface area contributed by atoms with Crippen molar-refractivity contribution in [2.45, 2.75) is 39.8 Å². The summed E-state index contributed by atoms with van der Waals surface area (Å²) in [6, 6.07) is 10.2. The molecule has 11 heteroatoms. The highest BCUT2D eigenvalue weighted by Gasteiger charge is 2.32. The standard InChI is InChI=1S/C24H30Cl3N3O4S/c1-5-22(24(32)28-13-16(2)3)29(14-17-6-7-19(26)12-21(17)27)23(31)15-30(35(4,33)34)20-10-8-18(25)9-11-20/h6-12,16,22H,5,13-15H2,1-4H3,(H,28,32). The van der Waals surface area contributed by atoms with Crippen molar-refractivity contribution in [1.82, 2.24) is 10.2 Å². The zero-order valence-corrected chi connectivity index (χ0v) is 23.2. The van der Waals surface area contributed by atoms with Gasteiger partial charge >= 0.3 is 0 Å². The summed E-state index contributed by atoms with van der Waals surface area (Å²) < 4.78 is 26.2. The van der Waals surface area contributed by atoms with Crippen LogP contribution >= 0.6 is 34.8 Å². The molecule has 0 radical (unpaired) electrons. The van der Waals surface area contributed by atoms with E-state index in [0.29, 0.717) is 33.6 Å². The number of halogens is 3. The van der Waals surface area contributed by atoms with Crippen molar-refractivity contribution in [2.75, 3.05) is 23.7 Å². The van der Waals surface area contributed by atoms with Gasteiger partial charge in [-0.3, -0.25) is 13.9 Å². The number of anilines is 1. The van der Waals surface area contributed by atoms with Crippen molar-refractivity contribution in [3.63, 3.8) is 0 Å². The predicted octanol–water partition coefficient (Wildman–Crippen LogP) is 4.99. The molecule has 0 fully saturated rings. The molecule has 192 valence electrons. The fourth-order valence-corrected chi connectivity index (χ4v) is 4.84. The van der Waals surface area contributed by atoms with Crippen molar-refractivity contribution in [1.29, 1.82) is 0 Å². The second-order valence-corrected chi connectivity index (χ2v) is 11.8. The Hall–Kier alpha value is -2.00. The number of hydrogen-bond donors (Lipinski definition) is 1. The average molecular weight is 563 g/mol. The van der Waals surface area contributed by atoms with Crippen molar-refractivity contribution in [3.05, 3.63) is 63.1 Å². The molecule has 2 aromatic carbocycles. The van der Waals surface area contributed by atoms with Crippen LogP contribution in [-0.4, -0.2) is 50.5 Å². The van der Waals surface area contributed by atoms with Gasteiger partial charge in [0.1, 0.15) is 12.6 Å². The fraction of sp³-hybridized carbons (Fsp3) is 0.417. The lowest BCUT2D eigenvalue weighted by Crippen LogP contribution is -2.52. The minimum atomic E-state index is -3.82. The first-order chi connectivity index (χ1) is 16.3. The predicted molar refractivity (Wildman–Crippen MR) is 143 cm³/mol. The Morgan fingerprint density at radius 1 is 1.00 bits per heavy atom. The highest BCUT2D eigenvalue weighted by Crippen LogP contribution is 2.25. The van der Waals surface area contributed by atoms with Gasteiger partial charge in [-0.25, -0.2) is 8.42 Å². The molecule has 2 amide bonds. The van der Waals surface area contributed by atoms with Gasteiger partial charge in [0.25, 0.3) is 0 Å². The van der Waals surface area contributed by atoms with Crippen molar-refractivity contribution in [2.24, 2.45) is 5.92 Å². The van der Waals surface area contributed by atoms with Crippen LogP contribution in [0.3, 0.4) is 0 Å². The fourth-order valence-electron chi connectivity index (χ4n) is 3.40. The summed E-state index contributed by atoms with van der Waals surface area (Å²) in [7, 11) is -3.82. The largest absolute Gasteiger partial charge is 0.354 e. The van der Waals surface area contributed by atoms with E-state index < -0.39 is 28.5 Å². The SMILES string of the molecule is CCC(C(=O)NCC(C)C)N(Cc1ccc(Cl)cc1Cl)C(=O)CN(c1ccc(Cl)cc1)S(C)(=O)=O. The zero-order chi connectivity index (χ0) is 26.3. The van der Waals surface area contributed by atoms with Crippen LogP contribution in [0.4, 0.5) is 5.69 Å². The molecule has 7 nitrogen and oxygen atoms in total. The lowest BCUT2D eigenvalue weighted by Gasteiger charge is -2.33. The molecule has 0 aliphatic carbocycles. The summed E-state index contributed by atoms with van der Waals surface area (Å²) in [5.41, 5.74) is 0.865. The normalized spacial score (nSPS) is 12.3. The molecule has 35 heavy (non-hydrogen) atoms. The summed E-state index contributed by atoms with van der Waals surface area (Å²) in [6.07, 6.45) is 1.34. The smallest absolute Gasteiger partial charge is 0.244 e. The van der Waals surface area contributed by atoms with Crippen LogP contribution in [0.2, 0.25) is 15.1 Å². The van der Waals surface area contributed by atoms with E-state index in [1.54, 1.807) is 37.3 Å². The number of nitrogens with zero attached hydrogens (tertiary/aromatic N) is 2. The second kappa shape index (κ2) is 12.8. The molecule has 0 spiro atoms. The van der Waals surface area contributed by atoms with E-state index in [0.717, 1.165) is 10.6 Å². The monoisotopic (exact) mass is 561 g/mol. The first-order valence-corrected chi connectivity index (χ1v) is 14.1. The molecule has 0 saturated heterocycles. The van der Waals surface area contributed by atoms with Gasteiger partial charge in [0.15, 0.2) is 0 Å². The van der Waals surface area contributed by atoms with E-state index in [9.17, 15) is 18.0 Å². The minimum Gasteiger partial charge on any atom is -0.354 e. The van der Waals surface area contributed by atoms with Crippen molar-refractivity contribution in [3.8, 4) is 0 Å². The van der Waals surface area contributed by atoms with Gasteiger partial charge in [0.2, 0.25) is 21.8 Å². The Morgan fingerprint density at radius 2 is 1.60 bits per heavy atom. The highest BCUT2D eigenvalue weighted by atomic mass is 35.5. The first-order valence-electron chi connectivity index (χ1n) is 11.1. The molecule has 0 bridgehead atoms. The Kier molecular flexibility index (Phi) is 10.7. The van der Waals surface area contributed by atoms with Gasteiger partial charge in [0, 0.05) is 28.2 Å². The number of amides is 2. The Morgan fingerprint density at radius 3 is 2.11 bits per heavy atom. The lowest BCUT2D eigenvalue weighted by atomic mass is 10.1. The summed E-state index contributed by atoms with van der Waals surface area (Å²) in [5.74, 6) is -0.656. The average Bonchev–Trinajstić information content (AvgIpc) is 2.77. The molecule has 0 aliphatic heterocycles. The number of sulfonamides is 1. The van der Waals surface area contributed by atoms with Crippen LogP contribution < -0.4 is 9.62 Å². The van der Waals surface area contributed by atoms with Crippen LogP contribution in [-0.2, 0) is 26.2 Å². The molecule has 2 rings (SSSR count). The number of rotatable bonds is 11. The molecule has 1 atom stereocenters. The third kappa shape index (κ3) is 8.56. The van der Waals surface area contributed by atoms with Gasteiger partial charge < -0.3 is 10.2 Å². The van der Waals surface area contributed by atoms with E-state index in [1.807, 2.05) is 13.8 Å². The van der Waals surface area contributed by atoms with Gasteiger partial charge in [-0.05, 0) is 54.3 Å². The Bertz CT molecular complexity index is 1140. The Labute approximate surface area is 222 Å². The summed E-state index contributed by atoms with van der Waals surface area (Å²) in [4.78, 5) is 28.0. The summed E-state index contributed by atoms with van der Waals surface area (Å²) in [5, 5.41) is 4.07. The molecule has 1 unspecified atom stereocenters.